The van der Waals surface area contributed by atoms with Crippen LogP contribution in [0.5, 0.6) is 0 Å². The summed E-state index contributed by atoms with van der Waals surface area (Å²) in [6.45, 7) is 8.85. The van der Waals surface area contributed by atoms with Crippen LogP contribution in [0.3, 0.4) is 0 Å². The van der Waals surface area contributed by atoms with Crippen LogP contribution < -0.4 is 24.8 Å². The van der Waals surface area contributed by atoms with Gasteiger partial charge in [-0.05, 0) is 6.42 Å². The molecule has 0 aliphatic heterocycles. The van der Waals surface area contributed by atoms with Gasteiger partial charge in [0.05, 0.1) is 0 Å². The smallest absolute Gasteiger partial charge is 0.0253 e. The van der Waals surface area contributed by atoms with E-state index in [-0.39, 0.29) is 24.8 Å². The molecule has 0 heterocycles. The first-order chi connectivity index (χ1) is 14.3. The molecule has 0 amide bonds. The van der Waals surface area contributed by atoms with Crippen LogP contribution in [0, 0.1) is 13.0 Å². The number of rotatable bonds is 0. The van der Waals surface area contributed by atoms with E-state index >= 15 is 0 Å². The molecule has 3 aromatic carbocycles. The van der Waals surface area contributed by atoms with E-state index in [1.54, 1.807) is 27.4 Å². The molecule has 0 bridgehead atoms. The van der Waals surface area contributed by atoms with Crippen molar-refractivity contribution in [2.75, 3.05) is 0 Å². The molecule has 1 saturated carbocycles. The summed E-state index contributed by atoms with van der Waals surface area (Å²) in [5, 5.41) is 0. The Morgan fingerprint density at radius 2 is 1.56 bits per heavy atom. The van der Waals surface area contributed by atoms with Crippen LogP contribution in [0.2, 0.25) is 0 Å². The standard InChI is InChI=1S/C13H9.C10H15.C6H10.2ClH.Zr/c1-3-7-12-10(5-1)9-11-6-2-4-8-13(11)12;1-8-5-6-9(7-8)10(2,3)4;1-2-4-6-5-3-1;;;/h1-5,7-8H,9H2;5-7H,1-4H3;1-5H2;2*1H;/q2*-1;;;;+2/p-2. The molecule has 3 aromatic rings. The van der Waals surface area contributed by atoms with E-state index in [1.165, 1.54) is 65.5 Å². The molecule has 0 radical (unpaired) electrons. The van der Waals surface area contributed by atoms with Gasteiger partial charge >= 0.3 is 59.5 Å². The number of hydrogen-bond donors (Lipinski definition) is 0. The average molecular weight is 545 g/mol. The van der Waals surface area contributed by atoms with Gasteiger partial charge < -0.3 is 24.8 Å². The number of fused-ring (bicyclic) bond motifs is 3. The fraction of sp³-hybridized carbons (Fsp3) is 0.379. The minimum absolute atomic E-state index is 0. The largest absolute Gasteiger partial charge is 0.179 e. The minimum atomic E-state index is 0. The fourth-order valence-corrected chi connectivity index (χ4v) is 4.87. The zero-order chi connectivity index (χ0) is 21.6. The Labute approximate surface area is 222 Å². The van der Waals surface area contributed by atoms with Crippen LogP contribution in [-0.4, -0.2) is 3.21 Å². The summed E-state index contributed by atoms with van der Waals surface area (Å²) in [5.41, 5.74) is 8.62. The van der Waals surface area contributed by atoms with Gasteiger partial charge in [-0.2, -0.15) is 53.1 Å². The van der Waals surface area contributed by atoms with E-state index in [2.05, 4.69) is 88.4 Å². The summed E-state index contributed by atoms with van der Waals surface area (Å²) in [6.07, 6.45) is 8.36. The summed E-state index contributed by atoms with van der Waals surface area (Å²) in [5.74, 6) is 0. The Hall–Kier alpha value is -0.877. The van der Waals surface area contributed by atoms with Crippen molar-refractivity contribution in [3.63, 3.8) is 0 Å². The van der Waals surface area contributed by atoms with Crippen molar-refractivity contribution in [1.82, 2.24) is 0 Å². The van der Waals surface area contributed by atoms with E-state index in [0.717, 1.165) is 6.42 Å². The number of aryl methyl sites for hydroxylation is 1. The van der Waals surface area contributed by atoms with Gasteiger partial charge in [-0.15, -0.1) is 5.56 Å². The molecular formula is C29H34Cl2Zr-2. The van der Waals surface area contributed by atoms with E-state index in [0.29, 0.717) is 5.41 Å². The van der Waals surface area contributed by atoms with Gasteiger partial charge in [0, 0.05) is 0 Å². The topological polar surface area (TPSA) is 0 Å². The molecule has 3 heteroatoms. The molecule has 5 rings (SSSR count). The third-order valence-corrected chi connectivity index (χ3v) is 7.08. The van der Waals surface area contributed by atoms with Crippen LogP contribution in [0.1, 0.15) is 75.1 Å². The Balaban J connectivity index is 0.000000244. The quantitative estimate of drug-likeness (QED) is 0.296. The molecule has 2 aliphatic carbocycles. The summed E-state index contributed by atoms with van der Waals surface area (Å²) in [4.78, 5) is 0. The maximum Gasteiger partial charge on any atom is -0.0253 e. The molecule has 0 unspecified atom stereocenters. The first-order valence-electron chi connectivity index (χ1n) is 11.2. The molecule has 0 spiro atoms. The van der Waals surface area contributed by atoms with Gasteiger partial charge in [-0.3, -0.25) is 0 Å². The number of benzene rings is 2. The molecule has 1 fully saturated rings. The Morgan fingerprint density at radius 3 is 2.09 bits per heavy atom. The second kappa shape index (κ2) is 13.7. The molecular weight excluding hydrogens is 510 g/mol. The SMILES string of the molecule is Cc1cc(C(C)(C)C)c[cH-]1.[Cl-].[Cl-].[Zr+2]=[C]1CCCCC1.[c-]1cccc2c1Cc1ccccc1-2. The maximum atomic E-state index is 3.30. The summed E-state index contributed by atoms with van der Waals surface area (Å²) in [6, 6.07) is 24.7. The van der Waals surface area contributed by atoms with E-state index < -0.39 is 0 Å². The van der Waals surface area contributed by atoms with Gasteiger partial charge in [0.2, 0.25) is 0 Å². The van der Waals surface area contributed by atoms with Crippen molar-refractivity contribution in [2.45, 2.75) is 71.6 Å². The van der Waals surface area contributed by atoms with Crippen LogP contribution in [-0.2, 0) is 36.1 Å². The predicted molar refractivity (Wildman–Crippen MR) is 127 cm³/mol. The number of halogens is 2. The van der Waals surface area contributed by atoms with Gasteiger partial charge in [0.15, 0.2) is 0 Å². The Morgan fingerprint density at radius 1 is 0.906 bits per heavy atom. The predicted octanol–water partition coefficient (Wildman–Crippen LogP) is 1.75. The molecule has 0 nitrogen and oxygen atoms in total. The van der Waals surface area contributed by atoms with Crippen molar-refractivity contribution < 1.29 is 49.0 Å². The molecule has 0 atom stereocenters. The van der Waals surface area contributed by atoms with Crippen molar-refractivity contribution in [3.8, 4) is 11.1 Å². The summed E-state index contributed by atoms with van der Waals surface area (Å²) in [7, 11) is 0. The van der Waals surface area contributed by atoms with Crippen molar-refractivity contribution >= 4 is 3.21 Å². The Bertz CT molecular complexity index is 927. The number of hydrogen-bond acceptors (Lipinski definition) is 0. The normalized spacial score (nSPS) is 13.8. The molecule has 32 heavy (non-hydrogen) atoms. The van der Waals surface area contributed by atoms with Crippen LogP contribution in [0.25, 0.3) is 11.1 Å². The fourth-order valence-electron chi connectivity index (χ4n) is 4.01. The van der Waals surface area contributed by atoms with Crippen LogP contribution in [0.4, 0.5) is 0 Å². The molecule has 0 aromatic heterocycles. The second-order valence-electron chi connectivity index (χ2n) is 9.49. The first kappa shape index (κ1) is 29.2. The maximum absolute atomic E-state index is 3.30. The third kappa shape index (κ3) is 8.48. The molecule has 0 N–H and O–H groups in total. The van der Waals surface area contributed by atoms with Crippen LogP contribution in [0.15, 0.2) is 60.7 Å². The molecule has 170 valence electrons. The zero-order valence-corrected chi connectivity index (χ0v) is 23.7. The van der Waals surface area contributed by atoms with E-state index in [1.807, 2.05) is 6.07 Å². The van der Waals surface area contributed by atoms with Crippen molar-refractivity contribution in [3.05, 3.63) is 89.0 Å². The summed E-state index contributed by atoms with van der Waals surface area (Å²) >= 11 is 1.69. The van der Waals surface area contributed by atoms with Crippen LogP contribution >= 0.6 is 0 Å². The van der Waals surface area contributed by atoms with Gasteiger partial charge in [-0.25, -0.2) is 6.07 Å². The molecule has 0 saturated heterocycles. The van der Waals surface area contributed by atoms with Gasteiger partial charge in [-0.1, -0.05) is 68.5 Å². The summed E-state index contributed by atoms with van der Waals surface area (Å²) < 4.78 is 1.80. The van der Waals surface area contributed by atoms with Crippen molar-refractivity contribution in [2.24, 2.45) is 0 Å². The Kier molecular flexibility index (Phi) is 12.5. The zero-order valence-electron chi connectivity index (χ0n) is 19.8. The first-order valence-corrected chi connectivity index (χ1v) is 12.5. The van der Waals surface area contributed by atoms with E-state index in [9.17, 15) is 0 Å². The average Bonchev–Trinajstić information content (AvgIpc) is 3.33. The van der Waals surface area contributed by atoms with Gasteiger partial charge in [0.1, 0.15) is 0 Å². The molecule has 2 aliphatic rings. The van der Waals surface area contributed by atoms with E-state index in [4.69, 9.17) is 0 Å². The second-order valence-corrected chi connectivity index (χ2v) is 11.2. The third-order valence-electron chi connectivity index (χ3n) is 5.85. The minimum Gasteiger partial charge on any atom is -0.179 e. The van der Waals surface area contributed by atoms with Gasteiger partial charge in [0.25, 0.3) is 0 Å². The van der Waals surface area contributed by atoms with Crippen molar-refractivity contribution in [1.29, 1.82) is 0 Å². The monoisotopic (exact) mass is 542 g/mol.